The van der Waals surface area contributed by atoms with Gasteiger partial charge in [0.05, 0.1) is 0 Å². The van der Waals surface area contributed by atoms with Gasteiger partial charge in [-0.25, -0.2) is 0 Å². The largest absolute Gasteiger partial charge is 0.374 e. The average Bonchev–Trinajstić information content (AvgIpc) is 2.52. The molecule has 0 unspecified atom stereocenters. The molecule has 22 heavy (non-hydrogen) atoms. The minimum atomic E-state index is -0.220. The van der Waals surface area contributed by atoms with Gasteiger partial charge in [-0.15, -0.1) is 0 Å². The number of rotatable bonds is 6. The van der Waals surface area contributed by atoms with Crippen molar-refractivity contribution in [2.75, 3.05) is 11.9 Å². The summed E-state index contributed by atoms with van der Waals surface area (Å²) in [6.45, 7) is 6.83. The molecule has 1 atom stereocenters. The van der Waals surface area contributed by atoms with Crippen molar-refractivity contribution < 1.29 is 4.79 Å². The molecule has 120 valence electrons. The second-order valence-corrected chi connectivity index (χ2v) is 6.31. The number of aryl methyl sites for hydroxylation is 2. The van der Waals surface area contributed by atoms with Crippen molar-refractivity contribution in [3.8, 4) is 0 Å². The Morgan fingerprint density at radius 2 is 2.05 bits per heavy atom. The van der Waals surface area contributed by atoms with E-state index in [1.54, 1.807) is 0 Å². The Kier molecular flexibility index (Phi) is 6.05. The second kappa shape index (κ2) is 8.02. The van der Waals surface area contributed by atoms with E-state index in [1.807, 2.05) is 13.0 Å². The van der Waals surface area contributed by atoms with Gasteiger partial charge in [-0.2, -0.15) is 0 Å². The van der Waals surface area contributed by atoms with Crippen LogP contribution in [0.2, 0.25) is 0 Å². The number of carbonyl (C=O) groups is 1. The smallest absolute Gasteiger partial charge is 0.242 e. The molecule has 1 aliphatic rings. The Morgan fingerprint density at radius 3 is 2.73 bits per heavy atom. The molecule has 0 heterocycles. The Balaban J connectivity index is 1.76. The highest BCUT2D eigenvalue weighted by molar-refractivity contribution is 5.84. The normalized spacial score (nSPS) is 15.9. The molecular formula is C19H28N2O. The van der Waals surface area contributed by atoms with Crippen molar-refractivity contribution in [2.45, 2.75) is 58.9 Å². The van der Waals surface area contributed by atoms with E-state index in [-0.39, 0.29) is 11.9 Å². The van der Waals surface area contributed by atoms with Crippen LogP contribution in [0.4, 0.5) is 5.69 Å². The SMILES string of the molecule is Cc1ccc(N[C@H](C)C(=O)NCCC2=CCCCC2)cc1C. The van der Waals surface area contributed by atoms with Crippen LogP contribution in [0.1, 0.15) is 50.2 Å². The Morgan fingerprint density at radius 1 is 1.23 bits per heavy atom. The van der Waals surface area contributed by atoms with Gasteiger partial charge in [0.1, 0.15) is 6.04 Å². The third kappa shape index (κ3) is 4.90. The summed E-state index contributed by atoms with van der Waals surface area (Å²) in [5.74, 6) is 0.0645. The first-order chi connectivity index (χ1) is 10.6. The number of nitrogens with one attached hydrogen (secondary N) is 2. The third-order valence-electron chi connectivity index (χ3n) is 4.41. The zero-order valence-electron chi connectivity index (χ0n) is 14.0. The number of amides is 1. The van der Waals surface area contributed by atoms with Gasteiger partial charge >= 0.3 is 0 Å². The molecule has 0 bridgehead atoms. The zero-order chi connectivity index (χ0) is 15.9. The summed E-state index contributed by atoms with van der Waals surface area (Å²) in [5, 5.41) is 6.31. The van der Waals surface area contributed by atoms with Crippen LogP contribution in [0.15, 0.2) is 29.8 Å². The van der Waals surface area contributed by atoms with Crippen molar-refractivity contribution in [1.82, 2.24) is 5.32 Å². The minimum absolute atomic E-state index is 0.0645. The maximum Gasteiger partial charge on any atom is 0.242 e. The highest BCUT2D eigenvalue weighted by atomic mass is 16.2. The Bertz CT molecular complexity index is 548. The summed E-state index contributed by atoms with van der Waals surface area (Å²) in [6, 6.07) is 5.98. The summed E-state index contributed by atoms with van der Waals surface area (Å²) in [7, 11) is 0. The summed E-state index contributed by atoms with van der Waals surface area (Å²) in [4.78, 5) is 12.1. The highest BCUT2D eigenvalue weighted by Gasteiger charge is 2.12. The molecule has 0 saturated heterocycles. The lowest BCUT2D eigenvalue weighted by Gasteiger charge is -2.17. The summed E-state index contributed by atoms with van der Waals surface area (Å²) < 4.78 is 0. The summed E-state index contributed by atoms with van der Waals surface area (Å²) in [5.41, 5.74) is 5.01. The molecule has 1 aromatic carbocycles. The number of hydrogen-bond acceptors (Lipinski definition) is 2. The lowest BCUT2D eigenvalue weighted by molar-refractivity contribution is -0.121. The molecule has 3 nitrogen and oxygen atoms in total. The fourth-order valence-electron chi connectivity index (χ4n) is 2.78. The van der Waals surface area contributed by atoms with Crippen molar-refractivity contribution in [1.29, 1.82) is 0 Å². The van der Waals surface area contributed by atoms with Gasteiger partial charge in [0.25, 0.3) is 0 Å². The number of anilines is 1. The molecule has 1 aromatic rings. The van der Waals surface area contributed by atoms with E-state index < -0.39 is 0 Å². The van der Waals surface area contributed by atoms with Crippen LogP contribution in [-0.4, -0.2) is 18.5 Å². The van der Waals surface area contributed by atoms with Crippen LogP contribution in [0.5, 0.6) is 0 Å². The average molecular weight is 300 g/mol. The standard InChI is InChI=1S/C19H28N2O/c1-14-9-10-18(13-15(14)2)21-16(3)19(22)20-12-11-17-7-5-4-6-8-17/h7,9-10,13,16,21H,4-6,8,11-12H2,1-3H3,(H,20,22)/t16-/m1/s1. The van der Waals surface area contributed by atoms with E-state index in [9.17, 15) is 4.79 Å². The molecule has 0 fully saturated rings. The van der Waals surface area contributed by atoms with Crippen molar-refractivity contribution in [3.63, 3.8) is 0 Å². The van der Waals surface area contributed by atoms with Gasteiger partial charge in [0.2, 0.25) is 5.91 Å². The van der Waals surface area contributed by atoms with Crippen LogP contribution >= 0.6 is 0 Å². The zero-order valence-corrected chi connectivity index (χ0v) is 14.0. The first kappa shape index (κ1) is 16.6. The predicted octanol–water partition coefficient (Wildman–Crippen LogP) is 4.11. The van der Waals surface area contributed by atoms with E-state index in [1.165, 1.54) is 42.4 Å². The van der Waals surface area contributed by atoms with E-state index in [4.69, 9.17) is 0 Å². The van der Waals surface area contributed by atoms with Gasteiger partial charge in [-0.1, -0.05) is 17.7 Å². The van der Waals surface area contributed by atoms with Crippen LogP contribution in [0.25, 0.3) is 0 Å². The van der Waals surface area contributed by atoms with Crippen molar-refractivity contribution in [3.05, 3.63) is 41.0 Å². The first-order valence-corrected chi connectivity index (χ1v) is 8.35. The topological polar surface area (TPSA) is 41.1 Å². The third-order valence-corrected chi connectivity index (χ3v) is 4.41. The van der Waals surface area contributed by atoms with Crippen LogP contribution in [-0.2, 0) is 4.79 Å². The number of allylic oxidation sites excluding steroid dienone is 1. The second-order valence-electron chi connectivity index (χ2n) is 6.31. The summed E-state index contributed by atoms with van der Waals surface area (Å²) >= 11 is 0. The molecule has 1 aliphatic carbocycles. The molecule has 0 aliphatic heterocycles. The predicted molar refractivity (Wildman–Crippen MR) is 93.2 cm³/mol. The lowest BCUT2D eigenvalue weighted by Crippen LogP contribution is -2.38. The van der Waals surface area contributed by atoms with Crippen molar-refractivity contribution in [2.24, 2.45) is 0 Å². The van der Waals surface area contributed by atoms with Gasteiger partial charge < -0.3 is 10.6 Å². The monoisotopic (exact) mass is 300 g/mol. The van der Waals surface area contributed by atoms with Crippen molar-refractivity contribution >= 4 is 11.6 Å². The first-order valence-electron chi connectivity index (χ1n) is 8.35. The van der Waals surface area contributed by atoms with Gasteiger partial charge in [0, 0.05) is 12.2 Å². The Labute approximate surface area is 134 Å². The van der Waals surface area contributed by atoms with Gasteiger partial charge in [0.15, 0.2) is 0 Å². The Hall–Kier alpha value is -1.77. The minimum Gasteiger partial charge on any atom is -0.374 e. The van der Waals surface area contributed by atoms with Crippen LogP contribution < -0.4 is 10.6 Å². The fraction of sp³-hybridized carbons (Fsp3) is 0.526. The van der Waals surface area contributed by atoms with E-state index in [0.29, 0.717) is 0 Å². The molecule has 0 saturated carbocycles. The number of benzene rings is 1. The van der Waals surface area contributed by atoms with Gasteiger partial charge in [-0.05, 0) is 76.1 Å². The molecule has 0 aromatic heterocycles. The molecule has 1 amide bonds. The maximum atomic E-state index is 12.1. The van der Waals surface area contributed by atoms with Crippen LogP contribution in [0.3, 0.4) is 0 Å². The summed E-state index contributed by atoms with van der Waals surface area (Å²) in [6.07, 6.45) is 8.34. The number of carbonyl (C=O) groups excluding carboxylic acids is 1. The van der Waals surface area contributed by atoms with E-state index in [2.05, 4.69) is 42.7 Å². The highest BCUT2D eigenvalue weighted by Crippen LogP contribution is 2.19. The molecule has 2 rings (SSSR count). The molecule has 0 radical (unpaired) electrons. The molecule has 3 heteroatoms. The quantitative estimate of drug-likeness (QED) is 0.776. The lowest BCUT2D eigenvalue weighted by atomic mass is 9.97. The van der Waals surface area contributed by atoms with Gasteiger partial charge in [-0.3, -0.25) is 4.79 Å². The molecular weight excluding hydrogens is 272 g/mol. The molecule has 0 spiro atoms. The maximum absolute atomic E-state index is 12.1. The van der Waals surface area contributed by atoms with Crippen LogP contribution in [0, 0.1) is 13.8 Å². The molecule has 2 N–H and O–H groups in total. The number of hydrogen-bond donors (Lipinski definition) is 2. The van der Waals surface area contributed by atoms with E-state index >= 15 is 0 Å². The fourth-order valence-corrected chi connectivity index (χ4v) is 2.78. The van der Waals surface area contributed by atoms with E-state index in [0.717, 1.165) is 18.7 Å².